The Morgan fingerprint density at radius 1 is 1.29 bits per heavy atom. The Bertz CT molecular complexity index is 761. The third-order valence-corrected chi connectivity index (χ3v) is 5.76. The second-order valence-corrected chi connectivity index (χ2v) is 7.98. The average molecular weight is 352 g/mol. The summed E-state index contributed by atoms with van der Waals surface area (Å²) >= 11 is 0. The van der Waals surface area contributed by atoms with Crippen LogP contribution in [0.5, 0.6) is 0 Å². The van der Waals surface area contributed by atoms with Crippen LogP contribution in [0.3, 0.4) is 0 Å². The number of hydrogen-bond acceptors (Lipinski definition) is 5. The average Bonchev–Trinajstić information content (AvgIpc) is 3.24. The molecule has 2 heterocycles. The maximum absolute atomic E-state index is 12.4. The molecule has 1 saturated carbocycles. The summed E-state index contributed by atoms with van der Waals surface area (Å²) in [6, 6.07) is 0.376. The molecule has 0 saturated heterocycles. The highest BCUT2D eigenvalue weighted by atomic mass is 32.2. The number of aryl methyl sites for hydroxylation is 1. The fourth-order valence-corrected chi connectivity index (χ4v) is 4.07. The van der Waals surface area contributed by atoms with E-state index in [9.17, 15) is 8.42 Å². The monoisotopic (exact) mass is 352 g/mol. The van der Waals surface area contributed by atoms with Crippen molar-refractivity contribution in [3.63, 3.8) is 0 Å². The lowest BCUT2D eigenvalue weighted by atomic mass is 9.95. The summed E-state index contributed by atoms with van der Waals surface area (Å²) in [6.45, 7) is 2.86. The molecule has 0 radical (unpaired) electrons. The van der Waals surface area contributed by atoms with Crippen molar-refractivity contribution < 1.29 is 8.42 Å². The standard InChI is InChI=1S/C15H24N6O2S/c1-2-8-20-11-14(9-17-20)24(22,23)18-10-15-19-16-12-21(15)13-6-4-3-5-7-13/h9,11-13,18H,2-8,10H2,1H3. The van der Waals surface area contributed by atoms with E-state index in [0.29, 0.717) is 18.4 Å². The predicted molar refractivity (Wildman–Crippen MR) is 88.7 cm³/mol. The van der Waals surface area contributed by atoms with Crippen LogP contribution in [0.4, 0.5) is 0 Å². The number of aromatic nitrogens is 5. The van der Waals surface area contributed by atoms with Crippen molar-refractivity contribution >= 4 is 10.0 Å². The minimum Gasteiger partial charge on any atom is -0.313 e. The highest BCUT2D eigenvalue weighted by molar-refractivity contribution is 7.89. The molecule has 1 N–H and O–H groups in total. The fraction of sp³-hybridized carbons (Fsp3) is 0.667. The first-order chi connectivity index (χ1) is 11.6. The van der Waals surface area contributed by atoms with Crippen LogP contribution in [0.2, 0.25) is 0 Å². The van der Waals surface area contributed by atoms with E-state index in [0.717, 1.165) is 19.3 Å². The van der Waals surface area contributed by atoms with Gasteiger partial charge in [-0.25, -0.2) is 13.1 Å². The molecule has 0 amide bonds. The molecule has 0 spiro atoms. The van der Waals surface area contributed by atoms with Crippen molar-refractivity contribution in [2.75, 3.05) is 0 Å². The number of hydrogen-bond donors (Lipinski definition) is 1. The zero-order valence-corrected chi connectivity index (χ0v) is 14.7. The third-order valence-electron chi connectivity index (χ3n) is 4.41. The first kappa shape index (κ1) is 17.1. The van der Waals surface area contributed by atoms with E-state index in [1.54, 1.807) is 17.2 Å². The Hall–Kier alpha value is -1.74. The summed E-state index contributed by atoms with van der Waals surface area (Å²) in [7, 11) is -3.60. The summed E-state index contributed by atoms with van der Waals surface area (Å²) in [5, 5.41) is 12.1. The molecule has 2 aromatic heterocycles. The Morgan fingerprint density at radius 2 is 2.08 bits per heavy atom. The van der Waals surface area contributed by atoms with Gasteiger partial charge in [-0.2, -0.15) is 5.10 Å². The van der Waals surface area contributed by atoms with Crippen molar-refractivity contribution in [2.45, 2.75) is 69.5 Å². The molecule has 0 bridgehead atoms. The number of nitrogens with one attached hydrogen (secondary N) is 1. The van der Waals surface area contributed by atoms with Crippen LogP contribution in [-0.4, -0.2) is 33.0 Å². The number of rotatable bonds is 7. The highest BCUT2D eigenvalue weighted by Crippen LogP contribution is 2.28. The zero-order valence-electron chi connectivity index (χ0n) is 13.9. The van der Waals surface area contributed by atoms with Crippen LogP contribution in [0.25, 0.3) is 0 Å². The van der Waals surface area contributed by atoms with E-state index in [1.807, 2.05) is 11.5 Å². The molecular formula is C15H24N6O2S. The Labute approximate surface area is 142 Å². The summed E-state index contributed by atoms with van der Waals surface area (Å²) < 4.78 is 31.1. The minimum absolute atomic E-state index is 0.137. The first-order valence-corrected chi connectivity index (χ1v) is 9.99. The molecule has 132 valence electrons. The topological polar surface area (TPSA) is 94.7 Å². The van der Waals surface area contributed by atoms with Gasteiger partial charge in [-0.15, -0.1) is 10.2 Å². The summed E-state index contributed by atoms with van der Waals surface area (Å²) in [6.07, 6.45) is 11.4. The van der Waals surface area contributed by atoms with Crippen molar-refractivity contribution in [3.05, 3.63) is 24.5 Å². The third kappa shape index (κ3) is 3.84. The van der Waals surface area contributed by atoms with Gasteiger partial charge in [0.25, 0.3) is 0 Å². The van der Waals surface area contributed by atoms with Gasteiger partial charge in [0.15, 0.2) is 0 Å². The van der Waals surface area contributed by atoms with Gasteiger partial charge in [0.05, 0.1) is 12.7 Å². The summed E-state index contributed by atoms with van der Waals surface area (Å²) in [4.78, 5) is 0.180. The second-order valence-electron chi connectivity index (χ2n) is 6.21. The van der Waals surface area contributed by atoms with Crippen LogP contribution in [0.15, 0.2) is 23.6 Å². The van der Waals surface area contributed by atoms with Gasteiger partial charge in [-0.3, -0.25) is 4.68 Å². The van der Waals surface area contributed by atoms with Gasteiger partial charge in [0.2, 0.25) is 10.0 Å². The smallest absolute Gasteiger partial charge is 0.244 e. The molecule has 2 aromatic rings. The maximum atomic E-state index is 12.4. The van der Waals surface area contributed by atoms with Crippen molar-refractivity contribution in [1.82, 2.24) is 29.3 Å². The van der Waals surface area contributed by atoms with Gasteiger partial charge < -0.3 is 4.57 Å². The van der Waals surface area contributed by atoms with Crippen LogP contribution in [0, 0.1) is 0 Å². The Kier molecular flexibility index (Phi) is 5.30. The van der Waals surface area contributed by atoms with Crippen LogP contribution in [-0.2, 0) is 23.1 Å². The molecule has 9 heteroatoms. The largest absolute Gasteiger partial charge is 0.313 e. The van der Waals surface area contributed by atoms with Crippen molar-refractivity contribution in [2.24, 2.45) is 0 Å². The fourth-order valence-electron chi connectivity index (χ4n) is 3.13. The highest BCUT2D eigenvalue weighted by Gasteiger charge is 2.21. The molecule has 0 unspecified atom stereocenters. The molecular weight excluding hydrogens is 328 g/mol. The van der Waals surface area contributed by atoms with E-state index in [1.165, 1.54) is 25.5 Å². The molecule has 1 aliphatic carbocycles. The number of nitrogens with zero attached hydrogens (tertiary/aromatic N) is 5. The normalized spacial score (nSPS) is 16.5. The second kappa shape index (κ2) is 7.43. The summed E-state index contributed by atoms with van der Waals surface area (Å²) in [5.74, 6) is 0.659. The van der Waals surface area contributed by atoms with Crippen molar-refractivity contribution in [1.29, 1.82) is 0 Å². The number of sulfonamides is 1. The quantitative estimate of drug-likeness (QED) is 0.821. The van der Waals surface area contributed by atoms with Gasteiger partial charge in [-0.1, -0.05) is 26.2 Å². The van der Waals surface area contributed by atoms with Crippen molar-refractivity contribution in [3.8, 4) is 0 Å². The molecule has 24 heavy (non-hydrogen) atoms. The molecule has 3 rings (SSSR count). The predicted octanol–water partition coefficient (Wildman–Crippen LogP) is 1.87. The molecule has 1 aliphatic rings. The molecule has 1 fully saturated rings. The first-order valence-electron chi connectivity index (χ1n) is 8.50. The molecule has 0 aromatic carbocycles. The van der Waals surface area contributed by atoms with E-state index in [2.05, 4.69) is 20.0 Å². The lowest BCUT2D eigenvalue weighted by Crippen LogP contribution is -2.26. The molecule has 8 nitrogen and oxygen atoms in total. The van der Waals surface area contributed by atoms with Crippen LogP contribution < -0.4 is 4.72 Å². The molecule has 0 aliphatic heterocycles. The van der Waals surface area contributed by atoms with Gasteiger partial charge >= 0.3 is 0 Å². The lowest BCUT2D eigenvalue weighted by Gasteiger charge is -2.23. The maximum Gasteiger partial charge on any atom is 0.244 e. The van der Waals surface area contributed by atoms with E-state index in [4.69, 9.17) is 0 Å². The van der Waals surface area contributed by atoms with E-state index in [-0.39, 0.29) is 11.4 Å². The van der Waals surface area contributed by atoms with E-state index < -0.39 is 10.0 Å². The SMILES string of the molecule is CCCn1cc(S(=O)(=O)NCc2nncn2C2CCCCC2)cn1. The molecule has 0 atom stereocenters. The minimum atomic E-state index is -3.60. The van der Waals surface area contributed by atoms with Crippen LogP contribution in [0.1, 0.15) is 57.3 Å². The van der Waals surface area contributed by atoms with E-state index >= 15 is 0 Å². The Balaban J connectivity index is 1.67. The lowest BCUT2D eigenvalue weighted by molar-refractivity contribution is 0.344. The van der Waals surface area contributed by atoms with Crippen LogP contribution >= 0.6 is 0 Å². The van der Waals surface area contributed by atoms with Gasteiger partial charge in [-0.05, 0) is 19.3 Å². The Morgan fingerprint density at radius 3 is 2.83 bits per heavy atom. The zero-order chi connectivity index (χ0) is 17.0. The van der Waals surface area contributed by atoms with Gasteiger partial charge in [0.1, 0.15) is 17.0 Å². The van der Waals surface area contributed by atoms with Gasteiger partial charge in [0, 0.05) is 18.8 Å². The summed E-state index contributed by atoms with van der Waals surface area (Å²) in [5.41, 5.74) is 0.